The van der Waals surface area contributed by atoms with Gasteiger partial charge in [0.1, 0.15) is 24.1 Å². The van der Waals surface area contributed by atoms with Crippen LogP contribution in [0.25, 0.3) is 0 Å². The molecule has 1 aromatic rings. The minimum Gasteiger partial charge on any atom is -0.464 e. The van der Waals surface area contributed by atoms with E-state index in [1.807, 2.05) is 0 Å². The van der Waals surface area contributed by atoms with Gasteiger partial charge in [-0.2, -0.15) is 0 Å². The fourth-order valence-corrected chi connectivity index (χ4v) is 3.43. The van der Waals surface area contributed by atoms with Crippen molar-refractivity contribution < 1.29 is 33.0 Å². The zero-order valence-corrected chi connectivity index (χ0v) is 18.7. The van der Waals surface area contributed by atoms with E-state index in [0.29, 0.717) is 24.9 Å². The fraction of sp³-hybridized carbons (Fsp3) is 0.591. The van der Waals surface area contributed by atoms with Gasteiger partial charge in [-0.3, -0.25) is 4.79 Å². The van der Waals surface area contributed by atoms with Gasteiger partial charge in [0.25, 0.3) is 0 Å². The number of likely N-dealkylation sites (tertiary alicyclic amines) is 1. The fourth-order valence-electron chi connectivity index (χ4n) is 3.43. The molecule has 0 aliphatic carbocycles. The quantitative estimate of drug-likeness (QED) is 0.426. The lowest BCUT2D eigenvalue weighted by Crippen LogP contribution is -2.46. The summed E-state index contributed by atoms with van der Waals surface area (Å²) in [6.07, 6.45) is -0.749. The van der Waals surface area contributed by atoms with Crippen LogP contribution in [0.5, 0.6) is 0 Å². The number of nitrogens with zero attached hydrogens (tertiary/aromatic N) is 1. The molecule has 1 N–H and O–H groups in total. The van der Waals surface area contributed by atoms with Crippen LogP contribution in [0.1, 0.15) is 57.7 Å². The summed E-state index contributed by atoms with van der Waals surface area (Å²) < 4.78 is 29.4. The van der Waals surface area contributed by atoms with Crippen molar-refractivity contribution in [2.24, 2.45) is 0 Å². The number of carbonyl (C=O) groups excluding carboxylic acids is 3. The molecule has 172 valence electrons. The van der Waals surface area contributed by atoms with Gasteiger partial charge in [-0.1, -0.05) is 6.07 Å². The summed E-state index contributed by atoms with van der Waals surface area (Å²) in [6.45, 7) is 8.94. The maximum atomic E-state index is 13.6. The maximum absolute atomic E-state index is 13.6. The number of carbonyl (C=O) groups is 3. The monoisotopic (exact) mass is 438 g/mol. The van der Waals surface area contributed by atoms with Gasteiger partial charge in [0.15, 0.2) is 0 Å². The lowest BCUT2D eigenvalue weighted by molar-refractivity contribution is -0.140. The van der Waals surface area contributed by atoms with Gasteiger partial charge in [0.2, 0.25) is 0 Å². The van der Waals surface area contributed by atoms with Crippen LogP contribution in [0.2, 0.25) is 0 Å². The Morgan fingerprint density at radius 1 is 1.26 bits per heavy atom. The van der Waals surface area contributed by atoms with Gasteiger partial charge >= 0.3 is 18.2 Å². The number of amides is 2. The number of rotatable bonds is 5. The van der Waals surface area contributed by atoms with E-state index in [1.165, 1.54) is 19.1 Å². The Bertz CT molecular complexity index is 808. The lowest BCUT2D eigenvalue weighted by atomic mass is 9.91. The van der Waals surface area contributed by atoms with Crippen molar-refractivity contribution in [2.45, 2.75) is 65.2 Å². The second-order valence-electron chi connectivity index (χ2n) is 8.51. The molecule has 8 nitrogen and oxygen atoms in total. The second kappa shape index (κ2) is 10.5. The zero-order chi connectivity index (χ0) is 23.2. The van der Waals surface area contributed by atoms with Crippen molar-refractivity contribution in [3.8, 4) is 0 Å². The largest absolute Gasteiger partial charge is 0.464 e. The third kappa shape index (κ3) is 7.73. The Labute approximate surface area is 182 Å². The third-order valence-corrected chi connectivity index (χ3v) is 4.72. The van der Waals surface area contributed by atoms with Crippen molar-refractivity contribution in [1.82, 2.24) is 10.2 Å². The molecule has 1 heterocycles. The number of ether oxygens (including phenoxy) is 3. The highest BCUT2D eigenvalue weighted by molar-refractivity contribution is 5.70. The van der Waals surface area contributed by atoms with Gasteiger partial charge in [-0.15, -0.1) is 0 Å². The first-order valence-corrected chi connectivity index (χ1v) is 10.3. The molecule has 9 heteroatoms. The highest BCUT2D eigenvalue weighted by Crippen LogP contribution is 2.35. The Morgan fingerprint density at radius 2 is 1.97 bits per heavy atom. The standard InChI is InChI=1S/C22H31FN2O6/c1-14-12-16(23)6-7-18(14)19-13-17(30-20(27)24-9-11-29-15(2)26)8-10-25(19)21(28)31-22(3,4)5/h6-7,12,17,19H,8-11,13H2,1-5H3,(H,24,27)/t17-,19+/m0/s1. The van der Waals surface area contributed by atoms with E-state index in [2.05, 4.69) is 5.32 Å². The minimum atomic E-state index is -0.658. The number of piperidine rings is 1. The van der Waals surface area contributed by atoms with Gasteiger partial charge in [0, 0.05) is 26.3 Å². The van der Waals surface area contributed by atoms with Crippen LogP contribution in [-0.4, -0.2) is 54.5 Å². The summed E-state index contributed by atoms with van der Waals surface area (Å²) in [7, 11) is 0. The minimum absolute atomic E-state index is 0.0545. The molecule has 1 aliphatic heterocycles. The molecule has 0 unspecified atom stereocenters. The van der Waals surface area contributed by atoms with Gasteiger partial charge < -0.3 is 24.4 Å². The smallest absolute Gasteiger partial charge is 0.410 e. The van der Waals surface area contributed by atoms with Crippen molar-refractivity contribution in [1.29, 1.82) is 0 Å². The Balaban J connectivity index is 2.10. The molecule has 0 saturated carbocycles. The van der Waals surface area contributed by atoms with Crippen LogP contribution in [0.4, 0.5) is 14.0 Å². The summed E-state index contributed by atoms with van der Waals surface area (Å²) in [5.41, 5.74) is 0.815. The molecule has 1 saturated heterocycles. The summed E-state index contributed by atoms with van der Waals surface area (Å²) in [6, 6.07) is 3.98. The van der Waals surface area contributed by atoms with E-state index in [1.54, 1.807) is 38.7 Å². The predicted molar refractivity (Wildman–Crippen MR) is 111 cm³/mol. The van der Waals surface area contributed by atoms with Crippen LogP contribution >= 0.6 is 0 Å². The molecule has 1 aromatic carbocycles. The van der Waals surface area contributed by atoms with Crippen LogP contribution in [-0.2, 0) is 19.0 Å². The van der Waals surface area contributed by atoms with E-state index in [4.69, 9.17) is 14.2 Å². The molecular weight excluding hydrogens is 407 g/mol. The molecule has 0 aromatic heterocycles. The highest BCUT2D eigenvalue weighted by Gasteiger charge is 2.37. The lowest BCUT2D eigenvalue weighted by Gasteiger charge is -2.40. The molecule has 0 spiro atoms. The second-order valence-corrected chi connectivity index (χ2v) is 8.51. The average molecular weight is 438 g/mol. The number of halogens is 1. The highest BCUT2D eigenvalue weighted by atomic mass is 19.1. The normalized spacial score (nSPS) is 18.8. The molecule has 0 bridgehead atoms. The summed E-state index contributed by atoms with van der Waals surface area (Å²) in [5, 5.41) is 2.53. The number of benzene rings is 1. The zero-order valence-electron chi connectivity index (χ0n) is 18.7. The molecule has 2 atom stereocenters. The first kappa shape index (κ1) is 24.4. The number of alkyl carbamates (subject to hydrolysis) is 1. The van der Waals surface area contributed by atoms with E-state index in [9.17, 15) is 18.8 Å². The first-order chi connectivity index (χ1) is 14.5. The van der Waals surface area contributed by atoms with Crippen molar-refractivity contribution in [3.63, 3.8) is 0 Å². The topological polar surface area (TPSA) is 94.2 Å². The van der Waals surface area contributed by atoms with Crippen LogP contribution < -0.4 is 5.32 Å². The van der Waals surface area contributed by atoms with Crippen LogP contribution in [0, 0.1) is 12.7 Å². The maximum Gasteiger partial charge on any atom is 0.410 e. The average Bonchev–Trinajstić information content (AvgIpc) is 2.63. The predicted octanol–water partition coefficient (Wildman–Crippen LogP) is 3.86. The summed E-state index contributed by atoms with van der Waals surface area (Å²) in [5.74, 6) is -0.789. The van der Waals surface area contributed by atoms with E-state index in [-0.39, 0.29) is 19.0 Å². The summed E-state index contributed by atoms with van der Waals surface area (Å²) in [4.78, 5) is 37.3. The van der Waals surface area contributed by atoms with Crippen LogP contribution in [0.15, 0.2) is 18.2 Å². The SMILES string of the molecule is CC(=O)OCCNC(=O)O[C@H]1CCN(C(=O)OC(C)(C)C)[C@@H](c2ccc(F)cc2C)C1. The molecular formula is C22H31FN2O6. The van der Waals surface area contributed by atoms with E-state index in [0.717, 1.165) is 5.56 Å². The van der Waals surface area contributed by atoms with Crippen molar-refractivity contribution in [2.75, 3.05) is 19.7 Å². The molecule has 31 heavy (non-hydrogen) atoms. The molecule has 1 fully saturated rings. The summed E-state index contributed by atoms with van der Waals surface area (Å²) >= 11 is 0. The van der Waals surface area contributed by atoms with E-state index >= 15 is 0 Å². The third-order valence-electron chi connectivity index (χ3n) is 4.72. The number of hydrogen-bond acceptors (Lipinski definition) is 6. The number of esters is 1. The Kier molecular flexibility index (Phi) is 8.24. The van der Waals surface area contributed by atoms with Crippen LogP contribution in [0.3, 0.4) is 0 Å². The van der Waals surface area contributed by atoms with E-state index < -0.39 is 35.9 Å². The Morgan fingerprint density at radius 3 is 2.58 bits per heavy atom. The van der Waals surface area contributed by atoms with Crippen molar-refractivity contribution in [3.05, 3.63) is 35.1 Å². The van der Waals surface area contributed by atoms with Gasteiger partial charge in [0.05, 0.1) is 12.6 Å². The molecule has 2 amide bonds. The number of nitrogens with one attached hydrogen (secondary N) is 1. The van der Waals surface area contributed by atoms with Gasteiger partial charge in [-0.05, 0) is 51.0 Å². The number of hydrogen-bond donors (Lipinski definition) is 1. The molecule has 2 rings (SSSR count). The Hall–Kier alpha value is -2.84. The number of aryl methyl sites for hydroxylation is 1. The molecule has 0 radical (unpaired) electrons. The first-order valence-electron chi connectivity index (χ1n) is 10.3. The van der Waals surface area contributed by atoms with Crippen molar-refractivity contribution >= 4 is 18.2 Å². The molecule has 1 aliphatic rings. The van der Waals surface area contributed by atoms with Gasteiger partial charge in [-0.25, -0.2) is 14.0 Å².